The molecule has 0 amide bonds. The van der Waals surface area contributed by atoms with Gasteiger partial charge in [0.25, 0.3) is 0 Å². The van der Waals surface area contributed by atoms with Crippen LogP contribution in [0.25, 0.3) is 11.4 Å². The van der Waals surface area contributed by atoms with Crippen molar-refractivity contribution in [3.05, 3.63) is 66.3 Å². The molecule has 0 bridgehead atoms. The van der Waals surface area contributed by atoms with Crippen LogP contribution in [0.15, 0.2) is 59.4 Å². The van der Waals surface area contributed by atoms with E-state index in [0.29, 0.717) is 30.2 Å². The molecule has 0 radical (unpaired) electrons. The summed E-state index contributed by atoms with van der Waals surface area (Å²) in [6.45, 7) is 4.07. The quantitative estimate of drug-likeness (QED) is 0.665. The highest BCUT2D eigenvalue weighted by Crippen LogP contribution is 2.34. The Morgan fingerprint density at radius 2 is 2.08 bits per heavy atom. The number of pyridine rings is 1. The smallest absolute Gasteiger partial charge is 0.241 e. The van der Waals surface area contributed by atoms with Crippen molar-refractivity contribution >= 4 is 0 Å². The predicted octanol–water partition coefficient (Wildman–Crippen LogP) is 4.29. The SMILES string of the molecule is CC[C@@H](c1ccccc1)[C@@H]1CCCN1Cc1nc(-c2cccnc2)no1. The second-order valence-corrected chi connectivity index (χ2v) is 6.86. The average molecular weight is 348 g/mol. The average Bonchev–Trinajstić information content (AvgIpc) is 3.35. The molecule has 1 aliphatic heterocycles. The van der Waals surface area contributed by atoms with Gasteiger partial charge < -0.3 is 4.52 Å². The van der Waals surface area contributed by atoms with Crippen molar-refractivity contribution in [2.45, 2.75) is 44.7 Å². The first-order valence-electron chi connectivity index (χ1n) is 9.37. The maximum atomic E-state index is 5.52. The summed E-state index contributed by atoms with van der Waals surface area (Å²) in [7, 11) is 0. The summed E-state index contributed by atoms with van der Waals surface area (Å²) in [5, 5.41) is 4.12. The third-order valence-corrected chi connectivity index (χ3v) is 5.27. The molecule has 2 atom stereocenters. The fourth-order valence-electron chi connectivity index (χ4n) is 4.04. The predicted molar refractivity (Wildman–Crippen MR) is 100 cm³/mol. The Morgan fingerprint density at radius 1 is 1.19 bits per heavy atom. The summed E-state index contributed by atoms with van der Waals surface area (Å²) in [6, 6.07) is 15.2. The Labute approximate surface area is 154 Å². The van der Waals surface area contributed by atoms with Crippen LogP contribution < -0.4 is 0 Å². The highest BCUT2D eigenvalue weighted by Gasteiger charge is 2.32. The van der Waals surface area contributed by atoms with Gasteiger partial charge in [-0.2, -0.15) is 4.98 Å². The Hall–Kier alpha value is -2.53. The molecule has 2 aromatic heterocycles. The van der Waals surface area contributed by atoms with Crippen LogP contribution >= 0.6 is 0 Å². The van der Waals surface area contributed by atoms with Crippen molar-refractivity contribution in [1.29, 1.82) is 0 Å². The molecule has 1 aromatic carbocycles. The van der Waals surface area contributed by atoms with Crippen molar-refractivity contribution in [2.75, 3.05) is 6.54 Å². The molecule has 4 rings (SSSR count). The molecule has 3 aromatic rings. The van der Waals surface area contributed by atoms with E-state index in [1.54, 1.807) is 12.4 Å². The largest absolute Gasteiger partial charge is 0.338 e. The third kappa shape index (κ3) is 3.53. The van der Waals surface area contributed by atoms with E-state index in [4.69, 9.17) is 4.52 Å². The molecule has 1 aliphatic rings. The minimum atomic E-state index is 0.524. The van der Waals surface area contributed by atoms with Gasteiger partial charge in [0, 0.05) is 24.0 Å². The van der Waals surface area contributed by atoms with E-state index in [1.165, 1.54) is 18.4 Å². The van der Waals surface area contributed by atoms with Crippen LogP contribution in [0, 0.1) is 0 Å². The van der Waals surface area contributed by atoms with Gasteiger partial charge in [-0.15, -0.1) is 0 Å². The number of hydrogen-bond acceptors (Lipinski definition) is 5. The lowest BCUT2D eigenvalue weighted by molar-refractivity contribution is 0.186. The molecule has 0 N–H and O–H groups in total. The first kappa shape index (κ1) is 16.9. The van der Waals surface area contributed by atoms with Gasteiger partial charge in [-0.1, -0.05) is 42.4 Å². The topological polar surface area (TPSA) is 55.1 Å². The normalized spacial score (nSPS) is 18.9. The maximum absolute atomic E-state index is 5.52. The molecule has 134 valence electrons. The van der Waals surface area contributed by atoms with Gasteiger partial charge in [0.1, 0.15) is 0 Å². The van der Waals surface area contributed by atoms with Crippen LogP contribution in [-0.4, -0.2) is 32.6 Å². The second kappa shape index (κ2) is 7.79. The van der Waals surface area contributed by atoms with Gasteiger partial charge in [0.2, 0.25) is 11.7 Å². The van der Waals surface area contributed by atoms with Gasteiger partial charge in [-0.25, -0.2) is 0 Å². The van der Waals surface area contributed by atoms with Crippen LogP contribution in [0.4, 0.5) is 0 Å². The monoisotopic (exact) mass is 348 g/mol. The maximum Gasteiger partial charge on any atom is 0.241 e. The summed E-state index contributed by atoms with van der Waals surface area (Å²) >= 11 is 0. The summed E-state index contributed by atoms with van der Waals surface area (Å²) in [5.74, 6) is 1.83. The summed E-state index contributed by atoms with van der Waals surface area (Å²) in [4.78, 5) is 11.2. The van der Waals surface area contributed by atoms with E-state index >= 15 is 0 Å². The second-order valence-electron chi connectivity index (χ2n) is 6.86. The van der Waals surface area contributed by atoms with Crippen LogP contribution in [-0.2, 0) is 6.54 Å². The fourth-order valence-corrected chi connectivity index (χ4v) is 4.04. The molecule has 5 heteroatoms. The highest BCUT2D eigenvalue weighted by atomic mass is 16.5. The minimum Gasteiger partial charge on any atom is -0.338 e. The summed E-state index contributed by atoms with van der Waals surface area (Å²) < 4.78 is 5.52. The lowest BCUT2D eigenvalue weighted by Crippen LogP contribution is -2.34. The van der Waals surface area contributed by atoms with Crippen molar-refractivity contribution in [3.8, 4) is 11.4 Å². The third-order valence-electron chi connectivity index (χ3n) is 5.27. The van der Waals surface area contributed by atoms with E-state index in [2.05, 4.69) is 57.3 Å². The molecule has 3 heterocycles. The molecule has 26 heavy (non-hydrogen) atoms. The van der Waals surface area contributed by atoms with E-state index < -0.39 is 0 Å². The van der Waals surface area contributed by atoms with Crippen LogP contribution in [0.5, 0.6) is 0 Å². The van der Waals surface area contributed by atoms with E-state index in [1.807, 2.05) is 12.1 Å². The molecular weight excluding hydrogens is 324 g/mol. The van der Waals surface area contributed by atoms with E-state index in [9.17, 15) is 0 Å². The number of likely N-dealkylation sites (tertiary alicyclic amines) is 1. The fraction of sp³-hybridized carbons (Fsp3) is 0.381. The van der Waals surface area contributed by atoms with Crippen molar-refractivity contribution in [2.24, 2.45) is 0 Å². The van der Waals surface area contributed by atoms with Gasteiger partial charge in [-0.3, -0.25) is 9.88 Å². The van der Waals surface area contributed by atoms with Gasteiger partial charge in [0.05, 0.1) is 6.54 Å². The zero-order valence-corrected chi connectivity index (χ0v) is 15.1. The Kier molecular flexibility index (Phi) is 5.07. The molecule has 0 unspecified atom stereocenters. The number of aromatic nitrogens is 3. The Bertz CT molecular complexity index is 818. The first-order chi connectivity index (χ1) is 12.8. The number of rotatable bonds is 6. The van der Waals surface area contributed by atoms with Crippen LogP contribution in [0.3, 0.4) is 0 Å². The van der Waals surface area contributed by atoms with Gasteiger partial charge in [-0.05, 0) is 49.4 Å². The molecule has 1 saturated heterocycles. The van der Waals surface area contributed by atoms with Crippen LogP contribution in [0.2, 0.25) is 0 Å². The number of benzene rings is 1. The van der Waals surface area contributed by atoms with Crippen molar-refractivity contribution < 1.29 is 4.52 Å². The molecule has 1 fully saturated rings. The van der Waals surface area contributed by atoms with E-state index in [-0.39, 0.29) is 0 Å². The van der Waals surface area contributed by atoms with Crippen LogP contribution in [0.1, 0.15) is 43.6 Å². The zero-order valence-electron chi connectivity index (χ0n) is 15.1. The lowest BCUT2D eigenvalue weighted by Gasteiger charge is -2.30. The van der Waals surface area contributed by atoms with Gasteiger partial charge >= 0.3 is 0 Å². The molecule has 0 aliphatic carbocycles. The molecule has 5 nitrogen and oxygen atoms in total. The Balaban J connectivity index is 1.50. The molecule has 0 spiro atoms. The number of nitrogens with zero attached hydrogens (tertiary/aromatic N) is 4. The molecular formula is C21H24N4O. The first-order valence-corrected chi connectivity index (χ1v) is 9.37. The highest BCUT2D eigenvalue weighted by molar-refractivity contribution is 5.51. The summed E-state index contributed by atoms with van der Waals surface area (Å²) in [5.41, 5.74) is 2.31. The molecule has 0 saturated carbocycles. The van der Waals surface area contributed by atoms with Gasteiger partial charge in [0.15, 0.2) is 0 Å². The minimum absolute atomic E-state index is 0.524. The van der Waals surface area contributed by atoms with E-state index in [0.717, 1.165) is 18.5 Å². The number of hydrogen-bond donors (Lipinski definition) is 0. The standard InChI is InChI=1S/C21H24N4O/c1-2-18(16-8-4-3-5-9-16)19-11-7-13-25(19)15-20-23-21(24-26-20)17-10-6-12-22-14-17/h3-6,8-10,12,14,18-19H,2,7,11,13,15H2,1H3/t18-,19-/m0/s1. The van der Waals surface area contributed by atoms with Crippen molar-refractivity contribution in [1.82, 2.24) is 20.0 Å². The van der Waals surface area contributed by atoms with Crippen molar-refractivity contribution in [3.63, 3.8) is 0 Å². The lowest BCUT2D eigenvalue weighted by atomic mass is 9.88. The zero-order chi connectivity index (χ0) is 17.8. The Morgan fingerprint density at radius 3 is 2.85 bits per heavy atom. The summed E-state index contributed by atoms with van der Waals surface area (Å²) in [6.07, 6.45) is 7.08.